The Kier molecular flexibility index (Phi) is 7.51. The van der Waals surface area contributed by atoms with Crippen LogP contribution in [-0.4, -0.2) is 60.3 Å². The van der Waals surface area contributed by atoms with Gasteiger partial charge in [0.2, 0.25) is 11.8 Å². The van der Waals surface area contributed by atoms with E-state index in [1.165, 1.54) is 0 Å². The number of halogens is 3. The zero-order valence-corrected chi connectivity index (χ0v) is 11.4. The van der Waals surface area contributed by atoms with E-state index in [4.69, 9.17) is 10.8 Å². The van der Waals surface area contributed by atoms with Crippen LogP contribution in [-0.2, 0) is 9.59 Å². The van der Waals surface area contributed by atoms with Crippen molar-refractivity contribution in [3.05, 3.63) is 0 Å². The van der Waals surface area contributed by atoms with E-state index in [9.17, 15) is 22.8 Å². The van der Waals surface area contributed by atoms with Crippen LogP contribution in [0.3, 0.4) is 0 Å². The summed E-state index contributed by atoms with van der Waals surface area (Å²) in [4.78, 5) is 23.5. The van der Waals surface area contributed by atoms with Crippen molar-refractivity contribution in [1.82, 2.24) is 10.2 Å². The third-order valence-electron chi connectivity index (χ3n) is 2.53. The number of nitrogens with zero attached hydrogens (tertiary/aromatic N) is 1. The van der Waals surface area contributed by atoms with Crippen molar-refractivity contribution in [1.29, 1.82) is 0 Å². The molecule has 0 aliphatic heterocycles. The van der Waals surface area contributed by atoms with Gasteiger partial charge < -0.3 is 21.1 Å². The number of carbonyl (C=O) groups is 2. The molecule has 0 unspecified atom stereocenters. The maximum Gasteiger partial charge on any atom is 0.406 e. The van der Waals surface area contributed by atoms with Gasteiger partial charge in [0.15, 0.2) is 0 Å². The number of hydrogen-bond donors (Lipinski definition) is 3. The molecule has 0 aliphatic rings. The van der Waals surface area contributed by atoms with Crippen LogP contribution in [0.25, 0.3) is 0 Å². The SMILES string of the molecule is CC(C)[C@H](N)C(=O)NCC(=O)N(CCO)CC(F)(F)F. The predicted molar refractivity (Wildman–Crippen MR) is 65.5 cm³/mol. The smallest absolute Gasteiger partial charge is 0.395 e. The molecule has 0 fully saturated rings. The Morgan fingerprint density at radius 3 is 2.30 bits per heavy atom. The van der Waals surface area contributed by atoms with Crippen LogP contribution in [0.1, 0.15) is 13.8 Å². The lowest BCUT2D eigenvalue weighted by molar-refractivity contribution is -0.161. The van der Waals surface area contributed by atoms with Crippen LogP contribution in [0.15, 0.2) is 0 Å². The molecule has 4 N–H and O–H groups in total. The number of carbonyl (C=O) groups excluding carboxylic acids is 2. The Morgan fingerprint density at radius 1 is 1.35 bits per heavy atom. The van der Waals surface area contributed by atoms with Gasteiger partial charge in [-0.25, -0.2) is 0 Å². The maximum atomic E-state index is 12.2. The minimum atomic E-state index is -4.57. The number of hydrogen-bond acceptors (Lipinski definition) is 4. The molecule has 9 heteroatoms. The summed E-state index contributed by atoms with van der Waals surface area (Å²) >= 11 is 0. The monoisotopic (exact) mass is 299 g/mol. The fourth-order valence-corrected chi connectivity index (χ4v) is 1.32. The molecule has 2 amide bonds. The first-order valence-electron chi connectivity index (χ1n) is 6.07. The van der Waals surface area contributed by atoms with Gasteiger partial charge in [-0.1, -0.05) is 13.8 Å². The number of rotatable bonds is 7. The average Bonchev–Trinajstić information content (AvgIpc) is 2.32. The largest absolute Gasteiger partial charge is 0.406 e. The highest BCUT2D eigenvalue weighted by atomic mass is 19.4. The van der Waals surface area contributed by atoms with Crippen molar-refractivity contribution in [2.24, 2.45) is 11.7 Å². The zero-order valence-electron chi connectivity index (χ0n) is 11.4. The highest BCUT2D eigenvalue weighted by Crippen LogP contribution is 2.16. The lowest BCUT2D eigenvalue weighted by Crippen LogP contribution is -2.49. The lowest BCUT2D eigenvalue weighted by atomic mass is 10.1. The number of nitrogens with two attached hydrogens (primary N) is 1. The molecule has 0 rings (SSSR count). The van der Waals surface area contributed by atoms with E-state index >= 15 is 0 Å². The van der Waals surface area contributed by atoms with E-state index < -0.39 is 50.3 Å². The summed E-state index contributed by atoms with van der Waals surface area (Å²) in [5.41, 5.74) is 5.53. The quantitative estimate of drug-likeness (QED) is 0.589. The standard InChI is InChI=1S/C11H20F3N3O3/c1-7(2)9(15)10(20)16-5-8(19)17(3-4-18)6-11(12,13)14/h7,9,18H,3-6,15H2,1-2H3,(H,16,20)/t9-/m0/s1. The van der Waals surface area contributed by atoms with Crippen molar-refractivity contribution in [3.63, 3.8) is 0 Å². The molecule has 0 radical (unpaired) electrons. The normalized spacial score (nSPS) is 13.2. The number of amides is 2. The van der Waals surface area contributed by atoms with Gasteiger partial charge in [0, 0.05) is 6.54 Å². The molecule has 1 atom stereocenters. The van der Waals surface area contributed by atoms with Gasteiger partial charge in [0.1, 0.15) is 6.54 Å². The molecule has 0 aromatic rings. The molecule has 118 valence electrons. The van der Waals surface area contributed by atoms with E-state index in [1.807, 2.05) is 0 Å². The molecular weight excluding hydrogens is 279 g/mol. The summed E-state index contributed by atoms with van der Waals surface area (Å²) in [6.07, 6.45) is -4.57. The Balaban J connectivity index is 4.44. The van der Waals surface area contributed by atoms with Gasteiger partial charge in [0.25, 0.3) is 0 Å². The zero-order chi connectivity index (χ0) is 15.9. The molecule has 0 aliphatic carbocycles. The minimum Gasteiger partial charge on any atom is -0.395 e. The second-order valence-corrected chi connectivity index (χ2v) is 4.64. The van der Waals surface area contributed by atoms with Gasteiger partial charge >= 0.3 is 6.18 Å². The first-order chi connectivity index (χ1) is 9.08. The highest BCUT2D eigenvalue weighted by molar-refractivity contribution is 5.87. The highest BCUT2D eigenvalue weighted by Gasteiger charge is 2.32. The number of aliphatic hydroxyl groups is 1. The summed E-state index contributed by atoms with van der Waals surface area (Å²) in [6.45, 7) is 0.293. The number of alkyl halides is 3. The van der Waals surface area contributed by atoms with Gasteiger partial charge in [0.05, 0.1) is 19.2 Å². The molecule has 0 aromatic heterocycles. The Labute approximate surface area is 115 Å². The number of nitrogens with one attached hydrogen (secondary N) is 1. The van der Waals surface area contributed by atoms with E-state index in [2.05, 4.69) is 5.32 Å². The predicted octanol–water partition coefficient (Wildman–Crippen LogP) is -0.531. The van der Waals surface area contributed by atoms with Crippen molar-refractivity contribution in [2.45, 2.75) is 26.1 Å². The van der Waals surface area contributed by atoms with E-state index in [-0.39, 0.29) is 5.92 Å². The Bertz CT molecular complexity index is 335. The maximum absolute atomic E-state index is 12.2. The van der Waals surface area contributed by atoms with Crippen molar-refractivity contribution < 1.29 is 27.9 Å². The molecule has 6 nitrogen and oxygen atoms in total. The molecule has 0 bridgehead atoms. The summed E-state index contributed by atoms with van der Waals surface area (Å²) in [6, 6.07) is -0.836. The average molecular weight is 299 g/mol. The van der Waals surface area contributed by atoms with Gasteiger partial charge in [-0.2, -0.15) is 13.2 Å². The molecule has 0 saturated heterocycles. The van der Waals surface area contributed by atoms with Crippen LogP contribution in [0, 0.1) is 5.92 Å². The van der Waals surface area contributed by atoms with Gasteiger partial charge in [-0.3, -0.25) is 9.59 Å². The Hall–Kier alpha value is -1.35. The third-order valence-corrected chi connectivity index (χ3v) is 2.53. The molecular formula is C11H20F3N3O3. The third kappa shape index (κ3) is 7.29. The fourth-order valence-electron chi connectivity index (χ4n) is 1.32. The van der Waals surface area contributed by atoms with Crippen LogP contribution >= 0.6 is 0 Å². The van der Waals surface area contributed by atoms with Crippen molar-refractivity contribution in [2.75, 3.05) is 26.2 Å². The summed E-state index contributed by atoms with van der Waals surface area (Å²) in [5, 5.41) is 10.8. The van der Waals surface area contributed by atoms with E-state index in [0.717, 1.165) is 0 Å². The second kappa shape index (κ2) is 8.05. The molecule has 0 saturated carbocycles. The van der Waals surface area contributed by atoms with Crippen molar-refractivity contribution >= 4 is 11.8 Å². The van der Waals surface area contributed by atoms with Crippen LogP contribution < -0.4 is 11.1 Å². The summed E-state index contributed by atoms with van der Waals surface area (Å²) in [5.74, 6) is -1.70. The molecule has 0 aromatic carbocycles. The first kappa shape index (κ1) is 18.7. The fraction of sp³-hybridized carbons (Fsp3) is 0.818. The summed E-state index contributed by atoms with van der Waals surface area (Å²) in [7, 11) is 0. The Morgan fingerprint density at radius 2 is 1.90 bits per heavy atom. The van der Waals surface area contributed by atoms with Crippen molar-refractivity contribution in [3.8, 4) is 0 Å². The number of aliphatic hydroxyl groups excluding tert-OH is 1. The van der Waals surface area contributed by atoms with Gasteiger partial charge in [-0.05, 0) is 5.92 Å². The van der Waals surface area contributed by atoms with Gasteiger partial charge in [-0.15, -0.1) is 0 Å². The minimum absolute atomic E-state index is 0.158. The van der Waals surface area contributed by atoms with E-state index in [1.54, 1.807) is 13.8 Å². The molecule has 0 heterocycles. The van der Waals surface area contributed by atoms with Crippen LogP contribution in [0.2, 0.25) is 0 Å². The molecule has 20 heavy (non-hydrogen) atoms. The van der Waals surface area contributed by atoms with E-state index in [0.29, 0.717) is 4.90 Å². The first-order valence-corrected chi connectivity index (χ1v) is 6.07. The topological polar surface area (TPSA) is 95.7 Å². The second-order valence-electron chi connectivity index (χ2n) is 4.64. The van der Waals surface area contributed by atoms with Crippen LogP contribution in [0.5, 0.6) is 0 Å². The van der Waals surface area contributed by atoms with Crippen LogP contribution in [0.4, 0.5) is 13.2 Å². The summed E-state index contributed by atoms with van der Waals surface area (Å²) < 4.78 is 36.7. The lowest BCUT2D eigenvalue weighted by Gasteiger charge is -2.23. The molecule has 0 spiro atoms.